The number of hydrogen-bond donors (Lipinski definition) is 0. The molecule has 4 rings (SSSR count). The van der Waals surface area contributed by atoms with Crippen molar-refractivity contribution in [3.8, 4) is 0 Å². The molecule has 0 N–H and O–H groups in total. The van der Waals surface area contributed by atoms with Crippen LogP contribution in [0.1, 0.15) is 105 Å². The minimum absolute atomic E-state index is 0.929. The first-order valence-electron chi connectivity index (χ1n) is 11.9. The van der Waals surface area contributed by atoms with E-state index in [1.807, 2.05) is 0 Å². The monoisotopic (exact) mass is 346 g/mol. The van der Waals surface area contributed by atoms with Crippen LogP contribution in [0.2, 0.25) is 0 Å². The first kappa shape index (κ1) is 19.8. The molecular weight excluding hydrogens is 300 g/mol. The molecule has 3 unspecified atom stereocenters. The Bertz CT molecular complexity index is 365. The highest BCUT2D eigenvalue weighted by Crippen LogP contribution is 2.47. The second-order valence-electron chi connectivity index (χ2n) is 11.4. The summed E-state index contributed by atoms with van der Waals surface area (Å²) >= 11 is 0. The van der Waals surface area contributed by atoms with E-state index in [0.717, 1.165) is 53.3 Å². The molecule has 0 aromatic rings. The molecule has 0 amide bonds. The summed E-state index contributed by atoms with van der Waals surface area (Å²) in [6.45, 7) is 12.1. The van der Waals surface area contributed by atoms with Crippen molar-refractivity contribution in [3.05, 3.63) is 0 Å². The summed E-state index contributed by atoms with van der Waals surface area (Å²) in [6.07, 6.45) is 17.0. The Hall–Kier alpha value is 0. The molecule has 0 aromatic carbocycles. The van der Waals surface area contributed by atoms with Crippen LogP contribution in [-0.2, 0) is 0 Å². The molecule has 4 fully saturated rings. The van der Waals surface area contributed by atoms with Gasteiger partial charge in [-0.25, -0.2) is 0 Å². The average molecular weight is 347 g/mol. The van der Waals surface area contributed by atoms with Gasteiger partial charge in [0.2, 0.25) is 0 Å². The third-order valence-electron chi connectivity index (χ3n) is 8.46. The van der Waals surface area contributed by atoms with Crippen LogP contribution in [0, 0.1) is 53.3 Å². The fraction of sp³-hybridized carbons (Fsp3) is 1.00. The van der Waals surface area contributed by atoms with Crippen LogP contribution in [0.15, 0.2) is 0 Å². The van der Waals surface area contributed by atoms with E-state index < -0.39 is 0 Å². The van der Waals surface area contributed by atoms with Crippen molar-refractivity contribution in [1.29, 1.82) is 0 Å². The predicted octanol–water partition coefficient (Wildman–Crippen LogP) is 7.96. The summed E-state index contributed by atoms with van der Waals surface area (Å²) in [7, 11) is 0. The van der Waals surface area contributed by atoms with Gasteiger partial charge >= 0.3 is 0 Å². The highest BCUT2D eigenvalue weighted by molar-refractivity contribution is 4.86. The zero-order chi connectivity index (χ0) is 18.0. The van der Waals surface area contributed by atoms with E-state index in [4.69, 9.17) is 0 Å². The molecule has 0 spiro atoms. The molecule has 0 saturated heterocycles. The summed E-state index contributed by atoms with van der Waals surface area (Å²) in [5, 5.41) is 0. The standard InChI is InChI=1S/C13H24.C12H22/c1-9(2)13-7-11-4-10(3)5-12(6-11)8-13;1-9(2)12-7-10-4-3-5-11(6-10)8-12/h9-13H,4-8H2,1-3H3;9-12H,3-8H2,1-2H3/t10?,11-,12+,13?;10-,11+,12?. The van der Waals surface area contributed by atoms with E-state index in [0.29, 0.717) is 0 Å². The van der Waals surface area contributed by atoms with Crippen LogP contribution in [-0.4, -0.2) is 0 Å². The van der Waals surface area contributed by atoms with Gasteiger partial charge in [-0.2, -0.15) is 0 Å². The number of rotatable bonds is 2. The Morgan fingerprint density at radius 2 is 0.920 bits per heavy atom. The lowest BCUT2D eigenvalue weighted by Gasteiger charge is -2.43. The Balaban J connectivity index is 0.000000146. The van der Waals surface area contributed by atoms with Crippen molar-refractivity contribution in [1.82, 2.24) is 0 Å². The van der Waals surface area contributed by atoms with Crippen molar-refractivity contribution < 1.29 is 0 Å². The quantitative estimate of drug-likeness (QED) is 0.475. The molecule has 0 nitrogen and oxygen atoms in total. The van der Waals surface area contributed by atoms with Crippen LogP contribution < -0.4 is 0 Å². The SMILES string of the molecule is CC(C)C1C[C@H]2CCC[C@@H](C1)C2.CC1C[C@@H]2CC(C(C)C)C[C@H](C1)C2. The molecule has 0 heterocycles. The zero-order valence-electron chi connectivity index (χ0n) is 18.0. The third-order valence-corrected chi connectivity index (χ3v) is 8.46. The molecule has 0 heteroatoms. The summed E-state index contributed by atoms with van der Waals surface area (Å²) in [6, 6.07) is 0. The van der Waals surface area contributed by atoms with Gasteiger partial charge in [0.1, 0.15) is 0 Å². The zero-order valence-corrected chi connectivity index (χ0v) is 18.0. The van der Waals surface area contributed by atoms with Crippen LogP contribution >= 0.6 is 0 Å². The van der Waals surface area contributed by atoms with E-state index >= 15 is 0 Å². The average Bonchev–Trinajstić information content (AvgIpc) is 2.53. The van der Waals surface area contributed by atoms with Crippen LogP contribution in [0.25, 0.3) is 0 Å². The maximum atomic E-state index is 2.45. The number of fused-ring (bicyclic) bond motifs is 4. The smallest absolute Gasteiger partial charge is 0.0386 e. The highest BCUT2D eigenvalue weighted by atomic mass is 14.4. The number of hydrogen-bond acceptors (Lipinski definition) is 0. The molecule has 4 saturated carbocycles. The Morgan fingerprint density at radius 1 is 0.520 bits per heavy atom. The van der Waals surface area contributed by atoms with E-state index in [-0.39, 0.29) is 0 Å². The lowest BCUT2D eigenvalue weighted by Crippen LogP contribution is -2.32. The van der Waals surface area contributed by atoms with E-state index in [2.05, 4.69) is 34.6 Å². The van der Waals surface area contributed by atoms with E-state index in [1.165, 1.54) is 19.3 Å². The third kappa shape index (κ3) is 5.49. The molecule has 7 atom stereocenters. The molecule has 25 heavy (non-hydrogen) atoms. The Kier molecular flexibility index (Phi) is 6.95. The van der Waals surface area contributed by atoms with Crippen LogP contribution in [0.4, 0.5) is 0 Å². The summed E-state index contributed by atoms with van der Waals surface area (Å²) < 4.78 is 0. The fourth-order valence-corrected chi connectivity index (χ4v) is 7.11. The molecule has 0 aliphatic heterocycles. The van der Waals surface area contributed by atoms with Crippen molar-refractivity contribution in [2.75, 3.05) is 0 Å². The lowest BCUT2D eigenvalue weighted by atomic mass is 9.63. The normalized spacial score (nSPS) is 43.6. The fourth-order valence-electron chi connectivity index (χ4n) is 7.11. The topological polar surface area (TPSA) is 0 Å². The molecular formula is C25H46. The predicted molar refractivity (Wildman–Crippen MR) is 111 cm³/mol. The molecule has 4 bridgehead atoms. The van der Waals surface area contributed by atoms with Gasteiger partial charge in [-0.1, -0.05) is 53.9 Å². The molecule has 0 radical (unpaired) electrons. The first-order valence-corrected chi connectivity index (χ1v) is 11.9. The Morgan fingerprint density at radius 3 is 1.36 bits per heavy atom. The molecule has 4 aliphatic carbocycles. The van der Waals surface area contributed by atoms with Crippen molar-refractivity contribution in [2.24, 2.45) is 53.3 Å². The first-order chi connectivity index (χ1) is 11.9. The molecule has 0 aromatic heterocycles. The minimum atomic E-state index is 0.929. The summed E-state index contributed by atoms with van der Waals surface area (Å²) in [5.41, 5.74) is 0. The van der Waals surface area contributed by atoms with Crippen molar-refractivity contribution in [3.63, 3.8) is 0 Å². The maximum absolute atomic E-state index is 2.45. The van der Waals surface area contributed by atoms with Crippen LogP contribution in [0.3, 0.4) is 0 Å². The minimum Gasteiger partial charge on any atom is -0.0625 e. The summed E-state index contributed by atoms with van der Waals surface area (Å²) in [5.74, 6) is 9.42. The largest absolute Gasteiger partial charge is 0.0625 e. The van der Waals surface area contributed by atoms with Crippen LogP contribution in [0.5, 0.6) is 0 Å². The van der Waals surface area contributed by atoms with Crippen molar-refractivity contribution in [2.45, 2.75) is 105 Å². The van der Waals surface area contributed by atoms with Gasteiger partial charge in [-0.15, -0.1) is 0 Å². The summed E-state index contributed by atoms with van der Waals surface area (Å²) in [4.78, 5) is 0. The lowest BCUT2D eigenvalue weighted by molar-refractivity contribution is 0.0832. The Labute approximate surface area is 158 Å². The highest BCUT2D eigenvalue weighted by Gasteiger charge is 2.35. The second kappa shape index (κ2) is 8.79. The molecule has 146 valence electrons. The van der Waals surface area contributed by atoms with Gasteiger partial charge in [0.05, 0.1) is 0 Å². The maximum Gasteiger partial charge on any atom is -0.0386 e. The van der Waals surface area contributed by atoms with Gasteiger partial charge in [0.15, 0.2) is 0 Å². The van der Waals surface area contributed by atoms with Gasteiger partial charge in [0.25, 0.3) is 0 Å². The van der Waals surface area contributed by atoms with Gasteiger partial charge in [-0.3, -0.25) is 0 Å². The van der Waals surface area contributed by atoms with E-state index in [1.54, 1.807) is 51.4 Å². The van der Waals surface area contributed by atoms with Gasteiger partial charge < -0.3 is 0 Å². The van der Waals surface area contributed by atoms with Gasteiger partial charge in [0, 0.05) is 0 Å². The van der Waals surface area contributed by atoms with Gasteiger partial charge in [-0.05, 0) is 105 Å². The van der Waals surface area contributed by atoms with Crippen molar-refractivity contribution >= 4 is 0 Å². The second-order valence-corrected chi connectivity index (χ2v) is 11.4. The molecule has 4 aliphatic rings. The van der Waals surface area contributed by atoms with E-state index in [9.17, 15) is 0 Å².